The summed E-state index contributed by atoms with van der Waals surface area (Å²) in [6.45, 7) is 14.9. The molecule has 0 saturated carbocycles. The SMILES string of the molecule is CCN(C(=O)OC(C)(C)C)c1ccc(C2CCCCN2CC(C)C)cn1. The van der Waals surface area contributed by atoms with Gasteiger partial charge in [0.25, 0.3) is 0 Å². The van der Waals surface area contributed by atoms with Crippen LogP contribution in [0.3, 0.4) is 0 Å². The van der Waals surface area contributed by atoms with Gasteiger partial charge in [0, 0.05) is 25.3 Å². The minimum atomic E-state index is -0.510. The topological polar surface area (TPSA) is 45.7 Å². The molecular formula is C21H35N3O2. The predicted molar refractivity (Wildman–Crippen MR) is 106 cm³/mol. The molecule has 1 aromatic rings. The highest BCUT2D eigenvalue weighted by molar-refractivity contribution is 5.86. The fraction of sp³-hybridized carbons (Fsp3) is 0.714. The summed E-state index contributed by atoms with van der Waals surface area (Å²) in [6.07, 6.45) is 5.30. The van der Waals surface area contributed by atoms with E-state index in [9.17, 15) is 4.79 Å². The number of ether oxygens (including phenoxy) is 1. The molecule has 2 heterocycles. The van der Waals surface area contributed by atoms with Gasteiger partial charge in [-0.1, -0.05) is 26.3 Å². The molecule has 0 bridgehead atoms. The maximum Gasteiger partial charge on any atom is 0.415 e. The summed E-state index contributed by atoms with van der Waals surface area (Å²) in [5.41, 5.74) is 0.735. The summed E-state index contributed by atoms with van der Waals surface area (Å²) >= 11 is 0. The number of piperidine rings is 1. The summed E-state index contributed by atoms with van der Waals surface area (Å²) in [5.74, 6) is 1.31. The second-order valence-corrected chi connectivity index (χ2v) is 8.57. The first-order valence-corrected chi connectivity index (χ1v) is 9.91. The first-order chi connectivity index (χ1) is 12.2. The number of hydrogen-bond donors (Lipinski definition) is 0. The molecule has 1 aliphatic heterocycles. The normalized spacial score (nSPS) is 18.8. The highest BCUT2D eigenvalue weighted by Gasteiger charge is 2.26. The maximum atomic E-state index is 12.4. The third kappa shape index (κ3) is 5.70. The molecule has 0 spiro atoms. The van der Waals surface area contributed by atoms with Crippen LogP contribution in [0.15, 0.2) is 18.3 Å². The van der Waals surface area contributed by atoms with Crippen molar-refractivity contribution in [2.24, 2.45) is 5.92 Å². The molecule has 1 unspecified atom stereocenters. The molecule has 26 heavy (non-hydrogen) atoms. The van der Waals surface area contributed by atoms with Crippen molar-refractivity contribution < 1.29 is 9.53 Å². The van der Waals surface area contributed by atoms with E-state index in [1.807, 2.05) is 40.0 Å². The van der Waals surface area contributed by atoms with Crippen molar-refractivity contribution in [1.29, 1.82) is 0 Å². The Balaban J connectivity index is 2.14. The average molecular weight is 362 g/mol. The van der Waals surface area contributed by atoms with E-state index < -0.39 is 5.60 Å². The Labute approximate surface area is 158 Å². The first-order valence-electron chi connectivity index (χ1n) is 9.91. The molecule has 5 heteroatoms. The van der Waals surface area contributed by atoms with E-state index in [4.69, 9.17) is 4.74 Å². The van der Waals surface area contributed by atoms with Crippen molar-refractivity contribution in [2.75, 3.05) is 24.5 Å². The molecule has 1 aromatic heterocycles. The molecule has 0 radical (unpaired) electrons. The molecule has 5 nitrogen and oxygen atoms in total. The molecule has 2 rings (SSSR count). The zero-order chi connectivity index (χ0) is 19.3. The van der Waals surface area contributed by atoms with Gasteiger partial charge in [-0.05, 0) is 64.6 Å². The van der Waals surface area contributed by atoms with Gasteiger partial charge in [0.15, 0.2) is 0 Å². The van der Waals surface area contributed by atoms with E-state index in [0.717, 1.165) is 13.1 Å². The minimum Gasteiger partial charge on any atom is -0.443 e. The van der Waals surface area contributed by atoms with E-state index in [2.05, 4.69) is 29.8 Å². The zero-order valence-corrected chi connectivity index (χ0v) is 17.3. The molecule has 1 amide bonds. The van der Waals surface area contributed by atoms with Gasteiger partial charge in [-0.15, -0.1) is 0 Å². The van der Waals surface area contributed by atoms with Crippen LogP contribution in [0.2, 0.25) is 0 Å². The fourth-order valence-electron chi connectivity index (χ4n) is 3.51. The van der Waals surface area contributed by atoms with Crippen LogP contribution in [0.25, 0.3) is 0 Å². The Bertz CT molecular complexity index is 578. The van der Waals surface area contributed by atoms with E-state index in [1.54, 1.807) is 4.90 Å². The number of likely N-dealkylation sites (tertiary alicyclic amines) is 1. The highest BCUT2D eigenvalue weighted by atomic mass is 16.6. The lowest BCUT2D eigenvalue weighted by Gasteiger charge is -2.37. The second-order valence-electron chi connectivity index (χ2n) is 8.57. The van der Waals surface area contributed by atoms with Crippen LogP contribution in [0.1, 0.15) is 72.4 Å². The Hall–Kier alpha value is -1.62. The molecule has 0 N–H and O–H groups in total. The van der Waals surface area contributed by atoms with Gasteiger partial charge in [-0.25, -0.2) is 9.78 Å². The van der Waals surface area contributed by atoms with Crippen molar-refractivity contribution in [3.63, 3.8) is 0 Å². The van der Waals surface area contributed by atoms with Crippen LogP contribution in [-0.4, -0.2) is 41.2 Å². The lowest BCUT2D eigenvalue weighted by atomic mass is 9.95. The number of carbonyl (C=O) groups is 1. The number of rotatable bonds is 5. The monoisotopic (exact) mass is 361 g/mol. The third-order valence-electron chi connectivity index (χ3n) is 4.58. The van der Waals surface area contributed by atoms with E-state index in [-0.39, 0.29) is 6.09 Å². The molecule has 1 atom stereocenters. The van der Waals surface area contributed by atoms with Crippen LogP contribution in [-0.2, 0) is 4.74 Å². The molecule has 0 aliphatic carbocycles. The van der Waals surface area contributed by atoms with Gasteiger partial charge in [-0.2, -0.15) is 0 Å². The first kappa shape index (κ1) is 20.7. The lowest BCUT2D eigenvalue weighted by molar-refractivity contribution is 0.0581. The Morgan fingerprint density at radius 3 is 2.62 bits per heavy atom. The summed E-state index contributed by atoms with van der Waals surface area (Å²) < 4.78 is 5.49. The number of aromatic nitrogens is 1. The fourth-order valence-corrected chi connectivity index (χ4v) is 3.51. The van der Waals surface area contributed by atoms with E-state index in [0.29, 0.717) is 24.3 Å². The van der Waals surface area contributed by atoms with Crippen LogP contribution in [0.4, 0.5) is 10.6 Å². The Morgan fingerprint density at radius 1 is 1.35 bits per heavy atom. The lowest BCUT2D eigenvalue weighted by Crippen LogP contribution is -2.37. The molecular weight excluding hydrogens is 326 g/mol. The van der Waals surface area contributed by atoms with Gasteiger partial charge in [-0.3, -0.25) is 9.80 Å². The predicted octanol–water partition coefficient (Wildman–Crippen LogP) is 5.03. The minimum absolute atomic E-state index is 0.348. The summed E-state index contributed by atoms with van der Waals surface area (Å²) in [7, 11) is 0. The van der Waals surface area contributed by atoms with Crippen LogP contribution in [0, 0.1) is 5.92 Å². The average Bonchev–Trinajstić information content (AvgIpc) is 2.54. The van der Waals surface area contributed by atoms with Gasteiger partial charge in [0.1, 0.15) is 11.4 Å². The van der Waals surface area contributed by atoms with Crippen molar-refractivity contribution >= 4 is 11.9 Å². The van der Waals surface area contributed by atoms with Gasteiger partial charge >= 0.3 is 6.09 Å². The summed E-state index contributed by atoms with van der Waals surface area (Å²) in [6, 6.07) is 4.51. The van der Waals surface area contributed by atoms with Crippen LogP contribution < -0.4 is 4.90 Å². The van der Waals surface area contributed by atoms with Gasteiger partial charge in [0.2, 0.25) is 0 Å². The van der Waals surface area contributed by atoms with E-state index >= 15 is 0 Å². The second kappa shape index (κ2) is 8.85. The Morgan fingerprint density at radius 2 is 2.08 bits per heavy atom. The standard InChI is InChI=1S/C21H35N3O2/c1-7-24(20(25)26-21(4,5)6)19-12-11-17(14-22-19)18-10-8-9-13-23(18)15-16(2)3/h11-12,14,16,18H,7-10,13,15H2,1-6H3. The van der Waals surface area contributed by atoms with E-state index in [1.165, 1.54) is 24.8 Å². The smallest absolute Gasteiger partial charge is 0.415 e. The molecule has 1 fully saturated rings. The van der Waals surface area contributed by atoms with Gasteiger partial charge in [0.05, 0.1) is 0 Å². The zero-order valence-electron chi connectivity index (χ0n) is 17.3. The third-order valence-corrected chi connectivity index (χ3v) is 4.58. The highest BCUT2D eigenvalue weighted by Crippen LogP contribution is 2.31. The maximum absolute atomic E-state index is 12.4. The summed E-state index contributed by atoms with van der Waals surface area (Å²) in [5, 5.41) is 0. The number of amides is 1. The molecule has 146 valence electrons. The van der Waals surface area contributed by atoms with Crippen molar-refractivity contribution in [3.8, 4) is 0 Å². The number of hydrogen-bond acceptors (Lipinski definition) is 4. The quantitative estimate of drug-likeness (QED) is 0.738. The number of nitrogens with zero attached hydrogens (tertiary/aromatic N) is 3. The Kier molecular flexibility index (Phi) is 7.04. The number of carbonyl (C=O) groups excluding carboxylic acids is 1. The number of anilines is 1. The molecule has 1 saturated heterocycles. The van der Waals surface area contributed by atoms with Gasteiger partial charge < -0.3 is 4.74 Å². The van der Waals surface area contributed by atoms with Crippen molar-refractivity contribution in [1.82, 2.24) is 9.88 Å². The van der Waals surface area contributed by atoms with Crippen molar-refractivity contribution in [3.05, 3.63) is 23.9 Å². The van der Waals surface area contributed by atoms with Crippen LogP contribution in [0.5, 0.6) is 0 Å². The molecule has 0 aromatic carbocycles. The van der Waals surface area contributed by atoms with Crippen molar-refractivity contribution in [2.45, 2.75) is 72.4 Å². The summed E-state index contributed by atoms with van der Waals surface area (Å²) in [4.78, 5) is 21.2. The largest absolute Gasteiger partial charge is 0.443 e. The van der Waals surface area contributed by atoms with Crippen LogP contribution >= 0.6 is 0 Å². The number of pyridine rings is 1. The molecule has 1 aliphatic rings.